The van der Waals surface area contributed by atoms with Gasteiger partial charge in [0.15, 0.2) is 5.65 Å². The highest BCUT2D eigenvalue weighted by Crippen LogP contribution is 2.39. The van der Waals surface area contributed by atoms with Crippen LogP contribution in [0.3, 0.4) is 0 Å². The maximum atomic E-state index is 13.9. The Kier molecular flexibility index (Phi) is 13.7. The van der Waals surface area contributed by atoms with Gasteiger partial charge in [-0.25, -0.2) is 24.7 Å². The molecule has 0 saturated carbocycles. The summed E-state index contributed by atoms with van der Waals surface area (Å²) in [5, 5.41) is 11.6. The van der Waals surface area contributed by atoms with E-state index in [1.54, 1.807) is 89.6 Å². The van der Waals surface area contributed by atoms with Gasteiger partial charge in [-0.1, -0.05) is 36.4 Å². The van der Waals surface area contributed by atoms with E-state index in [1.165, 1.54) is 4.90 Å². The van der Waals surface area contributed by atoms with Crippen LogP contribution in [-0.2, 0) is 43.4 Å². The molecule has 0 fully saturated rings. The van der Waals surface area contributed by atoms with E-state index in [0.29, 0.717) is 104 Å². The average molecular weight is 1060 g/mol. The second-order valence-corrected chi connectivity index (χ2v) is 21.2. The Morgan fingerprint density at radius 3 is 1.81 bits per heavy atom. The van der Waals surface area contributed by atoms with Gasteiger partial charge in [0.05, 0.1) is 54.8 Å². The van der Waals surface area contributed by atoms with Crippen molar-refractivity contribution in [2.45, 2.75) is 65.0 Å². The molecule has 17 nitrogen and oxygen atoms in total. The molecule has 0 saturated heterocycles. The highest BCUT2D eigenvalue weighted by atomic mass is 16.6. The zero-order valence-corrected chi connectivity index (χ0v) is 45.1. The third-order valence-corrected chi connectivity index (χ3v) is 14.6. The molecular weight excluding hydrogens is 999 g/mol. The minimum atomic E-state index is -0.642. The van der Waals surface area contributed by atoms with Gasteiger partial charge in [0.1, 0.15) is 28.5 Å². The monoisotopic (exact) mass is 1060 g/mol. The minimum Gasteiger partial charge on any atom is -0.496 e. The summed E-state index contributed by atoms with van der Waals surface area (Å²) in [6, 6.07) is 31.1. The Labute approximate surface area is 456 Å². The molecular formula is C62H59N9O8. The molecule has 4 amide bonds. The Bertz CT molecular complexity index is 3810. The maximum Gasteiger partial charge on any atom is 0.338 e. The van der Waals surface area contributed by atoms with Crippen LogP contribution in [0.5, 0.6) is 11.5 Å². The topological polar surface area (TPSA) is 207 Å². The maximum absolute atomic E-state index is 13.9. The smallest absolute Gasteiger partial charge is 0.338 e. The number of ether oxygens (including phenoxy) is 3. The largest absolute Gasteiger partial charge is 0.496 e. The lowest BCUT2D eigenvalue weighted by Crippen LogP contribution is -2.39. The van der Waals surface area contributed by atoms with Gasteiger partial charge in [0.2, 0.25) is 0 Å². The molecule has 11 rings (SSSR count). The number of esters is 1. The molecule has 400 valence electrons. The first-order valence-corrected chi connectivity index (χ1v) is 26.4. The highest BCUT2D eigenvalue weighted by molar-refractivity contribution is 6.26. The molecule has 3 N–H and O–H groups in total. The Morgan fingerprint density at radius 1 is 0.633 bits per heavy atom. The van der Waals surface area contributed by atoms with Crippen LogP contribution in [0.2, 0.25) is 0 Å². The first-order chi connectivity index (χ1) is 38.0. The van der Waals surface area contributed by atoms with E-state index in [9.17, 15) is 24.0 Å². The number of amides is 4. The van der Waals surface area contributed by atoms with Gasteiger partial charge in [-0.3, -0.25) is 24.1 Å². The summed E-state index contributed by atoms with van der Waals surface area (Å²) in [7, 11) is 7.14. The predicted molar refractivity (Wildman–Crippen MR) is 301 cm³/mol. The molecule has 1 aliphatic heterocycles. The number of fused-ring (bicyclic) bond motifs is 7. The number of anilines is 2. The lowest BCUT2D eigenvalue weighted by Gasteiger charge is -2.28. The highest BCUT2D eigenvalue weighted by Gasteiger charge is 2.34. The SMILES string of the molecule is COc1cc(N(C)C)c(OC)cc1CCNC(=O)c1ccc2c(n1)-c1nc3nc4c(cc3cc1CC2)CCc1ccc(C(=O)NCCNc2ccc3c5c(cccc25)C(=O)N(Cc2ccc(C(=O)OC(C)(C)C)cc2)C3=O)nc1-4. The van der Waals surface area contributed by atoms with Crippen LogP contribution in [-0.4, -0.2) is 108 Å². The number of nitrogens with zero attached hydrogens (tertiary/aromatic N) is 6. The normalized spacial score (nSPS) is 13.2. The van der Waals surface area contributed by atoms with Crippen LogP contribution in [0.1, 0.15) is 106 Å². The standard InChI is InChI=1S/C62H59N9O8/c1-62(2,3)79-61(76)37-13-11-34(12-14-37)33-71-59(74)43-10-8-9-42-45(24-21-44(51(42)43)60(71)75)63-27-28-65-58(73)47-23-20-36-16-18-40-30-41-29-39-17-15-35-19-22-46(66-52(35)54(39)68-56(41)69-55(40)53(36)67-47)57(72)64-26-25-38-31-50(78-7)48(70(4)5)32-49(38)77-6/h8-14,19-24,29-32,63H,15-18,25-28,33H2,1-7H3,(H,64,72)(H,65,73). The Hall–Kier alpha value is -9.25. The predicted octanol–water partition coefficient (Wildman–Crippen LogP) is 8.75. The first-order valence-electron chi connectivity index (χ1n) is 26.4. The summed E-state index contributed by atoms with van der Waals surface area (Å²) < 4.78 is 16.8. The summed E-state index contributed by atoms with van der Waals surface area (Å²) in [6.45, 7) is 6.38. The number of hydrogen-bond acceptors (Lipinski definition) is 14. The molecule has 5 heterocycles. The van der Waals surface area contributed by atoms with Gasteiger partial charge in [-0.05, 0) is 147 Å². The lowest BCUT2D eigenvalue weighted by molar-refractivity contribution is 0.00687. The van der Waals surface area contributed by atoms with Crippen molar-refractivity contribution in [3.05, 3.63) is 165 Å². The number of aryl methyl sites for hydroxylation is 4. The van der Waals surface area contributed by atoms with Gasteiger partial charge in [-0.15, -0.1) is 0 Å². The quantitative estimate of drug-likeness (QED) is 0.0499. The van der Waals surface area contributed by atoms with E-state index in [2.05, 4.69) is 28.1 Å². The van der Waals surface area contributed by atoms with Crippen LogP contribution in [0.4, 0.5) is 11.4 Å². The number of benzene rings is 4. The van der Waals surface area contributed by atoms with Gasteiger partial charge >= 0.3 is 5.97 Å². The third kappa shape index (κ3) is 10.1. The zero-order chi connectivity index (χ0) is 55.3. The number of rotatable bonds is 15. The summed E-state index contributed by atoms with van der Waals surface area (Å²) in [5.41, 5.74) is 11.5. The molecule has 4 aromatic heterocycles. The van der Waals surface area contributed by atoms with Crippen LogP contribution in [0.15, 0.2) is 103 Å². The van der Waals surface area contributed by atoms with Crippen molar-refractivity contribution < 1.29 is 38.2 Å². The second kappa shape index (κ2) is 20.9. The Morgan fingerprint density at radius 2 is 1.22 bits per heavy atom. The van der Waals surface area contributed by atoms with Crippen molar-refractivity contribution in [2.75, 3.05) is 58.2 Å². The van der Waals surface area contributed by atoms with Crippen molar-refractivity contribution in [1.29, 1.82) is 0 Å². The molecule has 0 bridgehead atoms. The van der Waals surface area contributed by atoms with E-state index in [-0.39, 0.29) is 30.6 Å². The molecule has 0 spiro atoms. The summed E-state index contributed by atoms with van der Waals surface area (Å²) in [6.07, 6.45) is 3.56. The number of aromatic nitrogens is 4. The molecule has 17 heteroatoms. The molecule has 3 aliphatic rings. The van der Waals surface area contributed by atoms with Gasteiger partial charge in [0.25, 0.3) is 23.6 Å². The molecule has 0 unspecified atom stereocenters. The Balaban J connectivity index is 0.751. The number of nitrogens with one attached hydrogen (secondary N) is 3. The molecule has 0 radical (unpaired) electrons. The number of hydrogen-bond donors (Lipinski definition) is 3. The first kappa shape index (κ1) is 51.8. The number of carbonyl (C=O) groups is 5. The summed E-state index contributed by atoms with van der Waals surface area (Å²) in [4.78, 5) is 90.8. The van der Waals surface area contributed by atoms with E-state index < -0.39 is 23.4 Å². The fourth-order valence-corrected chi connectivity index (χ4v) is 10.6. The van der Waals surface area contributed by atoms with Crippen molar-refractivity contribution in [3.8, 4) is 34.3 Å². The summed E-state index contributed by atoms with van der Waals surface area (Å²) >= 11 is 0. The van der Waals surface area contributed by atoms with Crippen molar-refractivity contribution >= 4 is 62.8 Å². The molecule has 8 aromatic rings. The van der Waals surface area contributed by atoms with E-state index in [1.807, 2.05) is 55.4 Å². The minimum absolute atomic E-state index is 0.0299. The average Bonchev–Trinajstić information content (AvgIpc) is 3.56. The van der Waals surface area contributed by atoms with Crippen molar-refractivity contribution in [2.24, 2.45) is 0 Å². The lowest BCUT2D eigenvalue weighted by atomic mass is 9.89. The van der Waals surface area contributed by atoms with Crippen LogP contribution in [0.25, 0.3) is 44.6 Å². The number of pyridine rings is 4. The molecule has 0 atom stereocenters. The third-order valence-electron chi connectivity index (χ3n) is 14.6. The fraction of sp³-hybridized carbons (Fsp3) is 0.274. The number of methoxy groups -OCH3 is 2. The molecule has 4 aromatic carbocycles. The molecule has 79 heavy (non-hydrogen) atoms. The van der Waals surface area contributed by atoms with Crippen molar-refractivity contribution in [1.82, 2.24) is 35.5 Å². The van der Waals surface area contributed by atoms with Gasteiger partial charge in [-0.2, -0.15) is 0 Å². The number of imide groups is 1. The van der Waals surface area contributed by atoms with Crippen LogP contribution >= 0.6 is 0 Å². The van der Waals surface area contributed by atoms with Gasteiger partial charge in [0, 0.05) is 72.8 Å². The molecule has 2 aliphatic carbocycles. The van der Waals surface area contributed by atoms with Crippen LogP contribution < -0.4 is 30.3 Å². The van der Waals surface area contributed by atoms with Crippen LogP contribution in [0, 0.1) is 0 Å². The van der Waals surface area contributed by atoms with E-state index >= 15 is 0 Å². The van der Waals surface area contributed by atoms with E-state index in [0.717, 1.165) is 64.6 Å². The van der Waals surface area contributed by atoms with E-state index in [4.69, 9.17) is 34.1 Å². The van der Waals surface area contributed by atoms with Crippen molar-refractivity contribution in [3.63, 3.8) is 0 Å². The fourth-order valence-electron chi connectivity index (χ4n) is 10.6. The second-order valence-electron chi connectivity index (χ2n) is 21.2. The number of carbonyl (C=O) groups excluding carboxylic acids is 5. The summed E-state index contributed by atoms with van der Waals surface area (Å²) in [5.74, 6) is -0.504. The van der Waals surface area contributed by atoms with Gasteiger partial charge < -0.3 is 35.1 Å². The zero-order valence-electron chi connectivity index (χ0n) is 45.1.